The number of nitrogens with one attached hydrogen (secondary N) is 1. The Balaban J connectivity index is 1.68. The van der Waals surface area contributed by atoms with Crippen LogP contribution in [0.25, 0.3) is 11.6 Å². The number of benzene rings is 1. The van der Waals surface area contributed by atoms with Gasteiger partial charge in [-0.3, -0.25) is 14.6 Å². The van der Waals surface area contributed by atoms with E-state index < -0.39 is 23.3 Å². The zero-order valence-corrected chi connectivity index (χ0v) is 21.1. The van der Waals surface area contributed by atoms with Crippen molar-refractivity contribution in [3.05, 3.63) is 83.6 Å². The van der Waals surface area contributed by atoms with Crippen LogP contribution < -0.4 is 5.32 Å². The molecular weight excluding hydrogens is 477 g/mol. The first-order chi connectivity index (χ1) is 17.6. The number of pyridine rings is 1. The molecule has 0 aliphatic rings. The van der Waals surface area contributed by atoms with Gasteiger partial charge >= 0.3 is 0 Å². The molecule has 192 valence electrons. The zero-order valence-electron chi connectivity index (χ0n) is 21.1. The molecule has 0 bridgehead atoms. The van der Waals surface area contributed by atoms with Gasteiger partial charge in [0.15, 0.2) is 5.76 Å². The highest BCUT2D eigenvalue weighted by Gasteiger charge is 2.34. The lowest BCUT2D eigenvalue weighted by Gasteiger charge is -2.33. The van der Waals surface area contributed by atoms with E-state index in [1.54, 1.807) is 55.7 Å². The Morgan fingerprint density at radius 2 is 1.78 bits per heavy atom. The van der Waals surface area contributed by atoms with Crippen LogP contribution in [-0.4, -0.2) is 47.4 Å². The summed E-state index contributed by atoms with van der Waals surface area (Å²) in [6, 6.07) is 11.6. The van der Waals surface area contributed by atoms with Crippen molar-refractivity contribution >= 4 is 11.8 Å². The van der Waals surface area contributed by atoms with Crippen molar-refractivity contribution in [3.63, 3.8) is 0 Å². The number of carbonyl (C=O) groups is 2. The predicted octanol–water partition coefficient (Wildman–Crippen LogP) is 3.46. The van der Waals surface area contributed by atoms with Crippen molar-refractivity contribution in [3.8, 4) is 11.6 Å². The van der Waals surface area contributed by atoms with Crippen LogP contribution in [0.5, 0.6) is 0 Å². The lowest BCUT2D eigenvalue weighted by atomic mass is 10.0. The highest BCUT2D eigenvalue weighted by Crippen LogP contribution is 2.25. The minimum absolute atomic E-state index is 0.0442. The van der Waals surface area contributed by atoms with Gasteiger partial charge < -0.3 is 14.6 Å². The smallest absolute Gasteiger partial charge is 0.247 e. The highest BCUT2D eigenvalue weighted by molar-refractivity contribution is 5.89. The lowest BCUT2D eigenvalue weighted by molar-refractivity contribution is -0.143. The number of furan rings is 1. The first-order valence-corrected chi connectivity index (χ1v) is 11.7. The minimum atomic E-state index is -0.990. The van der Waals surface area contributed by atoms with E-state index in [1.165, 1.54) is 17.0 Å². The van der Waals surface area contributed by atoms with Crippen LogP contribution in [0.4, 0.5) is 4.39 Å². The number of nitrogens with zero attached hydrogens (tertiary/aromatic N) is 6. The van der Waals surface area contributed by atoms with Gasteiger partial charge in [-0.15, -0.1) is 10.2 Å². The molecule has 0 fully saturated rings. The quantitative estimate of drug-likeness (QED) is 0.389. The van der Waals surface area contributed by atoms with Crippen LogP contribution in [0.2, 0.25) is 0 Å². The van der Waals surface area contributed by atoms with Gasteiger partial charge in [0.05, 0.1) is 0 Å². The molecule has 1 atom stereocenters. The molecule has 0 saturated heterocycles. The number of hydrogen-bond donors (Lipinski definition) is 1. The van der Waals surface area contributed by atoms with Gasteiger partial charge in [-0.2, -0.15) is 4.80 Å². The Kier molecular flexibility index (Phi) is 7.42. The molecule has 1 N–H and O–H groups in total. The predicted molar refractivity (Wildman–Crippen MR) is 132 cm³/mol. The summed E-state index contributed by atoms with van der Waals surface area (Å²) in [7, 11) is 0. The van der Waals surface area contributed by atoms with Gasteiger partial charge in [-0.25, -0.2) is 4.39 Å². The zero-order chi connectivity index (χ0) is 26.6. The Labute approximate surface area is 213 Å². The molecule has 1 unspecified atom stereocenters. The monoisotopic (exact) mass is 505 g/mol. The Bertz CT molecular complexity index is 1360. The Morgan fingerprint density at radius 1 is 1.08 bits per heavy atom. The molecule has 0 aliphatic heterocycles. The molecule has 0 spiro atoms. The molecule has 3 aromatic heterocycles. The van der Waals surface area contributed by atoms with E-state index in [9.17, 15) is 14.0 Å². The standard InChI is InChI=1S/C26H28FN7O3/c1-17-5-10-21(37-17)24-30-32-34(31-24)16-22(35)33(15-18-6-8-20(27)9-7-18)23(19-11-13-28-14-12-19)25(36)29-26(2,3)4/h5-14,23H,15-16H2,1-4H3,(H,29,36). The molecule has 0 aliphatic carbocycles. The van der Waals surface area contributed by atoms with Crippen molar-refractivity contribution in [1.82, 2.24) is 35.4 Å². The maximum absolute atomic E-state index is 13.7. The second-order valence-corrected chi connectivity index (χ2v) is 9.62. The molecule has 0 saturated carbocycles. The number of aryl methyl sites for hydroxylation is 1. The van der Waals surface area contributed by atoms with Crippen LogP contribution >= 0.6 is 0 Å². The maximum Gasteiger partial charge on any atom is 0.247 e. The topological polar surface area (TPSA) is 119 Å². The third-order valence-corrected chi connectivity index (χ3v) is 5.36. The number of halogens is 1. The van der Waals surface area contributed by atoms with E-state index in [0.29, 0.717) is 22.6 Å². The highest BCUT2D eigenvalue weighted by atomic mass is 19.1. The van der Waals surface area contributed by atoms with Gasteiger partial charge in [0.2, 0.25) is 17.6 Å². The van der Waals surface area contributed by atoms with Gasteiger partial charge in [-0.1, -0.05) is 12.1 Å². The van der Waals surface area contributed by atoms with E-state index >= 15 is 0 Å². The molecule has 4 rings (SSSR count). The fourth-order valence-corrected chi connectivity index (χ4v) is 3.74. The van der Waals surface area contributed by atoms with Gasteiger partial charge in [0, 0.05) is 24.5 Å². The van der Waals surface area contributed by atoms with E-state index in [2.05, 4.69) is 25.7 Å². The first-order valence-electron chi connectivity index (χ1n) is 11.7. The number of hydrogen-bond acceptors (Lipinski definition) is 7. The van der Waals surface area contributed by atoms with Crippen LogP contribution in [0.1, 0.15) is 43.7 Å². The molecule has 2 amide bonds. The summed E-state index contributed by atoms with van der Waals surface area (Å²) < 4.78 is 19.1. The molecular formula is C26H28FN7O3. The molecule has 0 radical (unpaired) electrons. The number of aromatic nitrogens is 5. The SMILES string of the molecule is Cc1ccc(-c2nnn(CC(=O)N(Cc3ccc(F)cc3)C(C(=O)NC(C)(C)C)c3ccncc3)n2)o1. The normalized spacial score (nSPS) is 12.2. The van der Waals surface area contributed by atoms with Gasteiger partial charge in [-0.05, 0) is 80.4 Å². The first kappa shape index (κ1) is 25.7. The molecule has 1 aromatic carbocycles. The summed E-state index contributed by atoms with van der Waals surface area (Å²) in [4.78, 5) is 33.9. The summed E-state index contributed by atoms with van der Waals surface area (Å²) in [5.74, 6) is 0.159. The Morgan fingerprint density at radius 3 is 2.41 bits per heavy atom. The number of amides is 2. The van der Waals surface area contributed by atoms with Crippen molar-refractivity contribution in [2.24, 2.45) is 0 Å². The lowest BCUT2D eigenvalue weighted by Crippen LogP contribution is -2.49. The summed E-state index contributed by atoms with van der Waals surface area (Å²) in [6.07, 6.45) is 3.12. The molecule has 4 aromatic rings. The van der Waals surface area contributed by atoms with E-state index in [4.69, 9.17) is 4.42 Å². The summed E-state index contributed by atoms with van der Waals surface area (Å²) >= 11 is 0. The van der Waals surface area contributed by atoms with E-state index in [1.807, 2.05) is 20.8 Å². The molecule has 37 heavy (non-hydrogen) atoms. The summed E-state index contributed by atoms with van der Waals surface area (Å²) in [5, 5.41) is 15.2. The van der Waals surface area contributed by atoms with Crippen molar-refractivity contribution in [2.45, 2.75) is 52.4 Å². The fourth-order valence-electron chi connectivity index (χ4n) is 3.74. The van der Waals surface area contributed by atoms with Crippen molar-refractivity contribution in [2.75, 3.05) is 0 Å². The van der Waals surface area contributed by atoms with Crippen molar-refractivity contribution in [1.29, 1.82) is 0 Å². The summed E-state index contributed by atoms with van der Waals surface area (Å²) in [5.41, 5.74) is 0.678. The molecule has 3 heterocycles. The fraction of sp³-hybridized carbons (Fsp3) is 0.308. The second kappa shape index (κ2) is 10.7. The average Bonchev–Trinajstić information content (AvgIpc) is 3.48. The van der Waals surface area contributed by atoms with Crippen LogP contribution in [0.3, 0.4) is 0 Å². The average molecular weight is 506 g/mol. The number of carbonyl (C=O) groups excluding carboxylic acids is 2. The van der Waals surface area contributed by atoms with E-state index in [-0.39, 0.29) is 24.8 Å². The minimum Gasteiger partial charge on any atom is -0.458 e. The molecule has 10 nitrogen and oxygen atoms in total. The second-order valence-electron chi connectivity index (χ2n) is 9.62. The third kappa shape index (κ3) is 6.63. The third-order valence-electron chi connectivity index (χ3n) is 5.36. The van der Waals surface area contributed by atoms with Crippen molar-refractivity contribution < 1.29 is 18.4 Å². The number of rotatable bonds is 8. The number of tetrazole rings is 1. The summed E-state index contributed by atoms with van der Waals surface area (Å²) in [6.45, 7) is 7.14. The maximum atomic E-state index is 13.7. The van der Waals surface area contributed by atoms with Gasteiger partial charge in [0.1, 0.15) is 24.2 Å². The van der Waals surface area contributed by atoms with Crippen LogP contribution in [0, 0.1) is 12.7 Å². The van der Waals surface area contributed by atoms with Crippen LogP contribution in [0.15, 0.2) is 65.3 Å². The van der Waals surface area contributed by atoms with E-state index in [0.717, 1.165) is 4.80 Å². The largest absolute Gasteiger partial charge is 0.458 e. The van der Waals surface area contributed by atoms with Gasteiger partial charge in [0.25, 0.3) is 0 Å². The Hall–Kier alpha value is -4.41. The molecule has 11 heteroatoms. The van der Waals surface area contributed by atoms with Crippen LogP contribution in [-0.2, 0) is 22.7 Å².